The van der Waals surface area contributed by atoms with E-state index in [0.29, 0.717) is 21.7 Å². The summed E-state index contributed by atoms with van der Waals surface area (Å²) in [6.07, 6.45) is 0.836. The first kappa shape index (κ1) is 22.4. The average Bonchev–Trinajstić information content (AvgIpc) is 3.13. The molecule has 0 radical (unpaired) electrons. The highest BCUT2D eigenvalue weighted by molar-refractivity contribution is 6.31. The number of pyridine rings is 1. The van der Waals surface area contributed by atoms with Gasteiger partial charge in [-0.15, -0.1) is 0 Å². The molecule has 2 aromatic heterocycles. The Labute approximate surface area is 195 Å². The van der Waals surface area contributed by atoms with Gasteiger partial charge in [0.05, 0.1) is 12.1 Å². The number of aromatic nitrogens is 1. The maximum Gasteiger partial charge on any atom is 0.271 e. The Morgan fingerprint density at radius 2 is 1.91 bits per heavy atom. The number of hydrogen-bond donors (Lipinski definition) is 1. The molecule has 0 amide bonds. The third-order valence-electron chi connectivity index (χ3n) is 5.93. The van der Waals surface area contributed by atoms with Crippen LogP contribution in [0.5, 0.6) is 5.88 Å². The van der Waals surface area contributed by atoms with Crippen LogP contribution < -0.4 is 5.56 Å². The number of benzene rings is 2. The van der Waals surface area contributed by atoms with Gasteiger partial charge in [-0.05, 0) is 55.2 Å². The number of carbonyl (C=O) groups is 1. The molecule has 0 aliphatic rings. The normalized spacial score (nSPS) is 11.0. The largest absolute Gasteiger partial charge is 0.494 e. The molecule has 4 rings (SSSR count). The summed E-state index contributed by atoms with van der Waals surface area (Å²) < 4.78 is 6.85. The van der Waals surface area contributed by atoms with Gasteiger partial charge in [0.15, 0.2) is 5.76 Å². The maximum atomic E-state index is 13.6. The SMILES string of the molecule is CCc1ccc2oc(C(=O)c3c(C)c(C#N)c(=O)n(Cc4ccccc4Cl)c3O)c(C)c2c1. The van der Waals surface area contributed by atoms with E-state index in [-0.39, 0.29) is 29.0 Å². The van der Waals surface area contributed by atoms with E-state index in [9.17, 15) is 20.0 Å². The van der Waals surface area contributed by atoms with E-state index in [0.717, 1.165) is 21.9 Å². The zero-order valence-corrected chi connectivity index (χ0v) is 19.2. The molecule has 0 saturated carbocycles. The predicted octanol–water partition coefficient (Wildman–Crippen LogP) is 5.28. The van der Waals surface area contributed by atoms with Crippen LogP contribution in [0.25, 0.3) is 11.0 Å². The van der Waals surface area contributed by atoms with Crippen LogP contribution in [0.2, 0.25) is 5.02 Å². The highest BCUT2D eigenvalue weighted by atomic mass is 35.5. The Balaban J connectivity index is 1.92. The van der Waals surface area contributed by atoms with Crippen LogP contribution in [-0.2, 0) is 13.0 Å². The summed E-state index contributed by atoms with van der Waals surface area (Å²) in [4.78, 5) is 26.5. The third kappa shape index (κ3) is 3.71. The minimum Gasteiger partial charge on any atom is -0.494 e. The van der Waals surface area contributed by atoms with Crippen molar-refractivity contribution in [2.24, 2.45) is 0 Å². The molecule has 33 heavy (non-hydrogen) atoms. The molecule has 0 unspecified atom stereocenters. The molecule has 4 aromatic rings. The Morgan fingerprint density at radius 3 is 2.58 bits per heavy atom. The number of aryl methyl sites for hydroxylation is 2. The zero-order chi connectivity index (χ0) is 23.9. The highest BCUT2D eigenvalue weighted by Crippen LogP contribution is 2.32. The van der Waals surface area contributed by atoms with Gasteiger partial charge in [-0.25, -0.2) is 0 Å². The fourth-order valence-electron chi connectivity index (χ4n) is 3.98. The van der Waals surface area contributed by atoms with Gasteiger partial charge >= 0.3 is 0 Å². The first-order valence-electron chi connectivity index (χ1n) is 10.4. The van der Waals surface area contributed by atoms with Gasteiger partial charge in [-0.1, -0.05) is 42.8 Å². The van der Waals surface area contributed by atoms with Crippen LogP contribution in [0.4, 0.5) is 0 Å². The van der Waals surface area contributed by atoms with Crippen molar-refractivity contribution in [3.63, 3.8) is 0 Å². The number of nitrogens with zero attached hydrogens (tertiary/aromatic N) is 2. The first-order valence-corrected chi connectivity index (χ1v) is 10.8. The third-order valence-corrected chi connectivity index (χ3v) is 6.30. The molecule has 0 aliphatic carbocycles. The van der Waals surface area contributed by atoms with Crippen molar-refractivity contribution < 1.29 is 14.3 Å². The van der Waals surface area contributed by atoms with Gasteiger partial charge in [0.2, 0.25) is 11.7 Å². The van der Waals surface area contributed by atoms with Crippen LogP contribution >= 0.6 is 11.6 Å². The minimum absolute atomic E-state index is 0.0588. The smallest absolute Gasteiger partial charge is 0.271 e. The molecular weight excluding hydrogens is 440 g/mol. The van der Waals surface area contributed by atoms with Gasteiger partial charge < -0.3 is 9.52 Å². The van der Waals surface area contributed by atoms with Crippen molar-refractivity contribution in [2.75, 3.05) is 0 Å². The Kier molecular flexibility index (Phi) is 5.84. The lowest BCUT2D eigenvalue weighted by molar-refractivity contribution is 0.101. The van der Waals surface area contributed by atoms with Crippen LogP contribution in [0.3, 0.4) is 0 Å². The summed E-state index contributed by atoms with van der Waals surface area (Å²) in [6, 6.07) is 14.4. The summed E-state index contributed by atoms with van der Waals surface area (Å²) in [5.74, 6) is -1.07. The number of hydrogen-bond acceptors (Lipinski definition) is 5. The molecular formula is C26H21ClN2O4. The van der Waals surface area contributed by atoms with Crippen molar-refractivity contribution in [3.8, 4) is 11.9 Å². The van der Waals surface area contributed by atoms with Crippen molar-refractivity contribution in [2.45, 2.75) is 33.7 Å². The number of nitriles is 1. The van der Waals surface area contributed by atoms with E-state index in [1.54, 1.807) is 31.2 Å². The molecule has 0 aliphatic heterocycles. The quantitative estimate of drug-likeness (QED) is 0.408. The number of fused-ring (bicyclic) bond motifs is 1. The molecule has 0 atom stereocenters. The van der Waals surface area contributed by atoms with E-state index in [2.05, 4.69) is 0 Å². The summed E-state index contributed by atoms with van der Waals surface area (Å²) >= 11 is 6.23. The predicted molar refractivity (Wildman–Crippen MR) is 126 cm³/mol. The van der Waals surface area contributed by atoms with Crippen LogP contribution in [0.1, 0.15) is 50.9 Å². The molecule has 0 bridgehead atoms. The van der Waals surface area contributed by atoms with Gasteiger partial charge in [-0.3, -0.25) is 14.2 Å². The molecule has 0 saturated heterocycles. The van der Waals surface area contributed by atoms with Crippen LogP contribution in [0.15, 0.2) is 51.7 Å². The second-order valence-corrected chi connectivity index (χ2v) is 8.27. The van der Waals surface area contributed by atoms with Crippen molar-refractivity contribution in [1.82, 2.24) is 4.57 Å². The monoisotopic (exact) mass is 460 g/mol. The van der Waals surface area contributed by atoms with E-state index in [4.69, 9.17) is 16.0 Å². The summed E-state index contributed by atoms with van der Waals surface area (Å²) in [7, 11) is 0. The van der Waals surface area contributed by atoms with Crippen molar-refractivity contribution in [3.05, 3.63) is 97.0 Å². The molecule has 7 heteroatoms. The molecule has 2 aromatic carbocycles. The Hall–Kier alpha value is -3.82. The van der Waals surface area contributed by atoms with Gasteiger partial charge in [0, 0.05) is 16.0 Å². The minimum atomic E-state index is -0.696. The van der Waals surface area contributed by atoms with Gasteiger partial charge in [0.25, 0.3) is 5.56 Å². The molecule has 0 spiro atoms. The number of ketones is 1. The second-order valence-electron chi connectivity index (χ2n) is 7.86. The second kappa shape index (κ2) is 8.61. The van der Waals surface area contributed by atoms with Crippen LogP contribution in [-0.4, -0.2) is 15.5 Å². The Bertz CT molecular complexity index is 1520. The maximum absolute atomic E-state index is 13.6. The lowest BCUT2D eigenvalue weighted by Crippen LogP contribution is -2.27. The molecule has 6 nitrogen and oxygen atoms in total. The fraction of sp³-hybridized carbons (Fsp3) is 0.192. The van der Waals surface area contributed by atoms with E-state index >= 15 is 0 Å². The fourth-order valence-corrected chi connectivity index (χ4v) is 4.18. The zero-order valence-electron chi connectivity index (χ0n) is 18.4. The van der Waals surface area contributed by atoms with Crippen molar-refractivity contribution >= 4 is 28.4 Å². The van der Waals surface area contributed by atoms with E-state index in [1.165, 1.54) is 6.92 Å². The molecule has 1 N–H and O–H groups in total. The van der Waals surface area contributed by atoms with Crippen molar-refractivity contribution in [1.29, 1.82) is 5.26 Å². The van der Waals surface area contributed by atoms with Gasteiger partial charge in [0.1, 0.15) is 17.2 Å². The summed E-state index contributed by atoms with van der Waals surface area (Å²) in [6.45, 7) is 5.18. The van der Waals surface area contributed by atoms with E-state index in [1.807, 2.05) is 31.2 Å². The average molecular weight is 461 g/mol. The molecule has 166 valence electrons. The first-order chi connectivity index (χ1) is 15.8. The lowest BCUT2D eigenvalue weighted by atomic mass is 9.98. The van der Waals surface area contributed by atoms with E-state index < -0.39 is 17.2 Å². The van der Waals surface area contributed by atoms with Gasteiger partial charge in [-0.2, -0.15) is 5.26 Å². The number of furan rings is 1. The number of aromatic hydroxyl groups is 1. The highest BCUT2D eigenvalue weighted by Gasteiger charge is 2.29. The Morgan fingerprint density at radius 1 is 1.18 bits per heavy atom. The number of carbonyl (C=O) groups excluding carboxylic acids is 1. The van der Waals surface area contributed by atoms with Crippen LogP contribution in [0, 0.1) is 25.2 Å². The summed E-state index contributed by atoms with van der Waals surface area (Å²) in [5.41, 5.74) is 1.90. The summed E-state index contributed by atoms with van der Waals surface area (Å²) in [5, 5.41) is 21.9. The number of halogens is 1. The number of rotatable bonds is 5. The lowest BCUT2D eigenvalue weighted by Gasteiger charge is -2.15. The molecule has 0 fully saturated rings. The molecule has 2 heterocycles. The standard InChI is InChI=1S/C26H21ClN2O4/c1-4-16-9-10-21-18(11-16)15(3)24(33-21)23(30)22-14(2)19(12-28)25(31)29(26(22)32)13-17-7-5-6-8-20(17)27/h5-11,32H,4,13H2,1-3H3. The topological polar surface area (TPSA) is 96.2 Å².